The summed E-state index contributed by atoms with van der Waals surface area (Å²) in [7, 11) is 1.67. The van der Waals surface area contributed by atoms with E-state index in [1.165, 1.54) is 0 Å². The Kier molecular flexibility index (Phi) is 3.75. The lowest BCUT2D eigenvalue weighted by atomic mass is 10.1. The first kappa shape index (κ1) is 10.5. The molecule has 3 heteroatoms. The van der Waals surface area contributed by atoms with Gasteiger partial charge in [-0.15, -0.1) is 0 Å². The molecule has 72 valence electrons. The molecule has 0 fully saturated rings. The predicted molar refractivity (Wildman–Crippen MR) is 58.0 cm³/mol. The zero-order chi connectivity index (χ0) is 9.84. The zero-order valence-electron chi connectivity index (χ0n) is 7.88. The zero-order valence-corrected chi connectivity index (χ0v) is 9.47. The van der Waals surface area contributed by atoms with Gasteiger partial charge in [0.15, 0.2) is 0 Å². The first-order valence-corrected chi connectivity index (χ1v) is 5.00. The van der Waals surface area contributed by atoms with Crippen LogP contribution in [0.4, 0.5) is 0 Å². The molecule has 1 aromatic rings. The molecule has 0 amide bonds. The van der Waals surface area contributed by atoms with Crippen LogP contribution < -0.4 is 10.5 Å². The highest BCUT2D eigenvalue weighted by molar-refractivity contribution is 9.10. The topological polar surface area (TPSA) is 35.2 Å². The fraction of sp³-hybridized carbons (Fsp3) is 0.400. The Morgan fingerprint density at radius 2 is 2.23 bits per heavy atom. The second-order valence-electron chi connectivity index (χ2n) is 3.14. The van der Waals surface area contributed by atoms with Crippen molar-refractivity contribution in [2.75, 3.05) is 7.11 Å². The number of nitrogens with two attached hydrogens (primary N) is 1. The van der Waals surface area contributed by atoms with Gasteiger partial charge in [0.05, 0.1) is 7.11 Å². The summed E-state index contributed by atoms with van der Waals surface area (Å²) in [6, 6.07) is 6.15. The summed E-state index contributed by atoms with van der Waals surface area (Å²) in [6.45, 7) is 1.99. The lowest BCUT2D eigenvalue weighted by Gasteiger charge is -2.10. The second-order valence-corrected chi connectivity index (χ2v) is 4.05. The minimum Gasteiger partial charge on any atom is -0.496 e. The fourth-order valence-electron chi connectivity index (χ4n) is 1.23. The lowest BCUT2D eigenvalue weighted by Crippen LogP contribution is -2.18. The molecule has 2 nitrogen and oxygen atoms in total. The summed E-state index contributed by atoms with van der Waals surface area (Å²) in [6.07, 6.45) is 0.844. The van der Waals surface area contributed by atoms with Crippen molar-refractivity contribution in [3.05, 3.63) is 28.2 Å². The maximum Gasteiger partial charge on any atom is 0.123 e. The average Bonchev–Trinajstić information content (AvgIpc) is 2.07. The molecule has 0 aliphatic rings. The SMILES string of the molecule is COc1cc(Br)ccc1C[C@H](C)N. The molecule has 1 aromatic carbocycles. The summed E-state index contributed by atoms with van der Waals surface area (Å²) in [5.41, 5.74) is 6.87. The first-order chi connectivity index (χ1) is 6.13. The van der Waals surface area contributed by atoms with Crippen molar-refractivity contribution in [3.8, 4) is 5.75 Å². The number of methoxy groups -OCH3 is 1. The maximum atomic E-state index is 5.72. The Labute approximate surface area is 87.2 Å². The molecule has 0 unspecified atom stereocenters. The van der Waals surface area contributed by atoms with Crippen molar-refractivity contribution in [1.29, 1.82) is 0 Å². The van der Waals surface area contributed by atoms with E-state index in [4.69, 9.17) is 10.5 Å². The van der Waals surface area contributed by atoms with Crippen molar-refractivity contribution in [2.24, 2.45) is 5.73 Å². The van der Waals surface area contributed by atoms with Crippen molar-refractivity contribution in [3.63, 3.8) is 0 Å². The number of ether oxygens (including phenoxy) is 1. The molecule has 0 saturated carbocycles. The van der Waals surface area contributed by atoms with E-state index in [9.17, 15) is 0 Å². The first-order valence-electron chi connectivity index (χ1n) is 4.21. The van der Waals surface area contributed by atoms with Gasteiger partial charge in [0.1, 0.15) is 5.75 Å². The fourth-order valence-corrected chi connectivity index (χ4v) is 1.57. The Bertz CT molecular complexity index is 286. The molecule has 0 aliphatic heterocycles. The molecule has 1 rings (SSSR count). The third kappa shape index (κ3) is 3.01. The monoisotopic (exact) mass is 243 g/mol. The quantitative estimate of drug-likeness (QED) is 0.885. The van der Waals surface area contributed by atoms with Crippen LogP contribution in [0.1, 0.15) is 12.5 Å². The van der Waals surface area contributed by atoms with Crippen LogP contribution in [-0.4, -0.2) is 13.2 Å². The van der Waals surface area contributed by atoms with Gasteiger partial charge in [-0.1, -0.05) is 22.0 Å². The van der Waals surface area contributed by atoms with Crippen LogP contribution in [0.25, 0.3) is 0 Å². The molecular formula is C10H14BrNO. The van der Waals surface area contributed by atoms with Crippen LogP contribution in [-0.2, 0) is 6.42 Å². The van der Waals surface area contributed by atoms with Gasteiger partial charge >= 0.3 is 0 Å². The summed E-state index contributed by atoms with van der Waals surface area (Å²) < 4.78 is 6.27. The molecule has 0 aromatic heterocycles. The molecule has 0 aliphatic carbocycles. The molecular weight excluding hydrogens is 230 g/mol. The van der Waals surface area contributed by atoms with Gasteiger partial charge in [-0.3, -0.25) is 0 Å². The summed E-state index contributed by atoms with van der Waals surface area (Å²) in [5.74, 6) is 0.895. The van der Waals surface area contributed by atoms with Crippen molar-refractivity contribution >= 4 is 15.9 Å². The average molecular weight is 244 g/mol. The normalized spacial score (nSPS) is 12.6. The third-order valence-electron chi connectivity index (χ3n) is 1.79. The maximum absolute atomic E-state index is 5.72. The van der Waals surface area contributed by atoms with Gasteiger partial charge in [0, 0.05) is 10.5 Å². The van der Waals surface area contributed by atoms with Crippen LogP contribution in [0.3, 0.4) is 0 Å². The van der Waals surface area contributed by atoms with E-state index in [1.54, 1.807) is 7.11 Å². The highest BCUT2D eigenvalue weighted by Gasteiger charge is 2.05. The van der Waals surface area contributed by atoms with E-state index >= 15 is 0 Å². The Morgan fingerprint density at radius 1 is 1.54 bits per heavy atom. The van der Waals surface area contributed by atoms with Gasteiger partial charge in [0.2, 0.25) is 0 Å². The number of hydrogen-bond acceptors (Lipinski definition) is 2. The van der Waals surface area contributed by atoms with E-state index in [0.717, 1.165) is 22.2 Å². The van der Waals surface area contributed by atoms with E-state index in [0.29, 0.717) is 0 Å². The van der Waals surface area contributed by atoms with E-state index < -0.39 is 0 Å². The molecule has 0 heterocycles. The largest absolute Gasteiger partial charge is 0.496 e. The molecule has 0 saturated heterocycles. The van der Waals surface area contributed by atoms with Gasteiger partial charge in [-0.2, -0.15) is 0 Å². The van der Waals surface area contributed by atoms with Crippen LogP contribution in [0, 0.1) is 0 Å². The smallest absolute Gasteiger partial charge is 0.123 e. The van der Waals surface area contributed by atoms with Crippen molar-refractivity contribution in [1.82, 2.24) is 0 Å². The predicted octanol–water partition coefficient (Wildman–Crippen LogP) is 2.35. The number of hydrogen-bond donors (Lipinski definition) is 1. The Hall–Kier alpha value is -0.540. The molecule has 0 radical (unpaired) electrons. The van der Waals surface area contributed by atoms with Gasteiger partial charge < -0.3 is 10.5 Å². The second kappa shape index (κ2) is 4.63. The van der Waals surface area contributed by atoms with Crippen LogP contribution >= 0.6 is 15.9 Å². The molecule has 0 spiro atoms. The van der Waals surface area contributed by atoms with Crippen molar-refractivity contribution < 1.29 is 4.74 Å². The number of rotatable bonds is 3. The molecule has 0 bridgehead atoms. The minimum atomic E-state index is 0.162. The minimum absolute atomic E-state index is 0.162. The molecule has 1 atom stereocenters. The highest BCUT2D eigenvalue weighted by Crippen LogP contribution is 2.24. The summed E-state index contributed by atoms with van der Waals surface area (Å²) >= 11 is 3.39. The standard InChI is InChI=1S/C10H14BrNO/c1-7(12)5-8-3-4-9(11)6-10(8)13-2/h3-4,6-7H,5,12H2,1-2H3/t7-/m0/s1. The third-order valence-corrected chi connectivity index (χ3v) is 2.28. The lowest BCUT2D eigenvalue weighted by molar-refractivity contribution is 0.408. The van der Waals surface area contributed by atoms with Crippen molar-refractivity contribution in [2.45, 2.75) is 19.4 Å². The number of halogens is 1. The van der Waals surface area contributed by atoms with Crippen LogP contribution in [0.2, 0.25) is 0 Å². The Balaban J connectivity index is 2.92. The summed E-state index contributed by atoms with van der Waals surface area (Å²) in [4.78, 5) is 0. The van der Waals surface area contributed by atoms with E-state index in [1.807, 2.05) is 25.1 Å². The van der Waals surface area contributed by atoms with Crippen LogP contribution in [0.5, 0.6) is 5.75 Å². The van der Waals surface area contributed by atoms with Gasteiger partial charge in [-0.05, 0) is 31.0 Å². The molecule has 2 N–H and O–H groups in total. The highest BCUT2D eigenvalue weighted by atomic mass is 79.9. The molecule has 13 heavy (non-hydrogen) atoms. The number of benzene rings is 1. The Morgan fingerprint density at radius 3 is 2.77 bits per heavy atom. The summed E-state index contributed by atoms with van der Waals surface area (Å²) in [5, 5.41) is 0. The van der Waals surface area contributed by atoms with Gasteiger partial charge in [0.25, 0.3) is 0 Å². The van der Waals surface area contributed by atoms with Crippen LogP contribution in [0.15, 0.2) is 22.7 Å². The van der Waals surface area contributed by atoms with Gasteiger partial charge in [-0.25, -0.2) is 0 Å². The van der Waals surface area contributed by atoms with E-state index in [-0.39, 0.29) is 6.04 Å². The van der Waals surface area contributed by atoms with E-state index in [2.05, 4.69) is 15.9 Å².